The predicted octanol–water partition coefficient (Wildman–Crippen LogP) is 12.4. The summed E-state index contributed by atoms with van der Waals surface area (Å²) in [5.41, 5.74) is 13.3. The summed E-state index contributed by atoms with van der Waals surface area (Å²) in [6.45, 7) is 4.66. The third-order valence-electron chi connectivity index (χ3n) is 17.8. The van der Waals surface area contributed by atoms with E-state index in [1.54, 1.807) is 45.6 Å². The molecule has 6 fully saturated rings. The van der Waals surface area contributed by atoms with Gasteiger partial charge < -0.3 is 24.8 Å². The van der Waals surface area contributed by atoms with Crippen LogP contribution in [0.1, 0.15) is 176 Å². The molecule has 0 amide bonds. The minimum absolute atomic E-state index is 0. The fourth-order valence-electron chi connectivity index (χ4n) is 14.4. The van der Waals surface area contributed by atoms with E-state index in [9.17, 15) is 0 Å². The molecule has 6 aliphatic rings. The van der Waals surface area contributed by atoms with Crippen LogP contribution in [0.3, 0.4) is 0 Å². The third-order valence-corrected chi connectivity index (χ3v) is 20.9. The zero-order valence-electron chi connectivity index (χ0n) is 40.4. The van der Waals surface area contributed by atoms with Crippen LogP contribution < -0.4 is 24.8 Å². The van der Waals surface area contributed by atoms with Crippen molar-refractivity contribution >= 4 is 27.0 Å². The van der Waals surface area contributed by atoms with E-state index < -0.39 is 0 Å². The van der Waals surface area contributed by atoms with Gasteiger partial charge in [0.1, 0.15) is 0 Å². The molecule has 6 aromatic carbocycles. The predicted molar refractivity (Wildman–Crippen MR) is 274 cm³/mol. The average Bonchev–Trinajstić information content (AvgIpc) is 4.21. The Morgan fingerprint density at radius 1 is 0.530 bits per heavy atom. The second kappa shape index (κ2) is 22.7. The summed E-state index contributed by atoms with van der Waals surface area (Å²) in [4.78, 5) is 0. The largest absolute Gasteiger partial charge is 1.00 e. The Kier molecular flexibility index (Phi) is 17.2. The molecule has 66 heavy (non-hydrogen) atoms. The summed E-state index contributed by atoms with van der Waals surface area (Å²) in [7, 11) is 0. The van der Waals surface area contributed by atoms with Crippen LogP contribution in [0.5, 0.6) is 0 Å². The van der Waals surface area contributed by atoms with Crippen molar-refractivity contribution in [3.8, 4) is 22.3 Å². The number of benzene rings is 4. The first kappa shape index (κ1) is 50.2. The third kappa shape index (κ3) is 11.5. The monoisotopic (exact) mass is 1010 g/mol. The molecular formula is C62H76Cl2SiZr-2. The fraction of sp³-hybridized carbons (Fsp3) is 0.516. The quantitative estimate of drug-likeness (QED) is 0.0948. The average molecular weight is 1010 g/mol. The first-order valence-electron chi connectivity index (χ1n) is 26.4. The molecule has 6 aliphatic carbocycles. The van der Waals surface area contributed by atoms with Gasteiger partial charge in [-0.25, -0.2) is 0 Å². The smallest absolute Gasteiger partial charge is 0.0162 e. The SMILES string of the molecule is CCC[Si](C)=[Zr+2].[Cl-].[Cl-].c1cc(-c2ccc(C3CCCCC3)cc2)c2cc(CC34CCC(CC3)C4)[cH-]c2c1.c1cc(-c2ccc(C3CCCCC3)cc2)c2cc(CC34CCC(CC3)C4)[cH-]c2c1. The van der Waals surface area contributed by atoms with Gasteiger partial charge in [-0.15, -0.1) is 69.1 Å². The van der Waals surface area contributed by atoms with Crippen molar-refractivity contribution < 1.29 is 48.1 Å². The maximum absolute atomic E-state index is 2.51. The molecule has 0 heterocycles. The number of rotatable bonds is 10. The van der Waals surface area contributed by atoms with Gasteiger partial charge in [-0.2, -0.15) is 12.1 Å². The number of hydrogen-bond donors (Lipinski definition) is 0. The van der Waals surface area contributed by atoms with Crippen LogP contribution >= 0.6 is 0 Å². The molecular weight excluding hydrogens is 935 g/mol. The van der Waals surface area contributed by atoms with Gasteiger partial charge in [0.15, 0.2) is 0 Å². The first-order chi connectivity index (χ1) is 31.3. The summed E-state index contributed by atoms with van der Waals surface area (Å²) in [5, 5.41) is 5.77. The van der Waals surface area contributed by atoms with Crippen LogP contribution in [0, 0.1) is 22.7 Å². The number of halogens is 2. The van der Waals surface area contributed by atoms with Crippen molar-refractivity contribution in [3.63, 3.8) is 0 Å². The van der Waals surface area contributed by atoms with Crippen LogP contribution in [0.25, 0.3) is 43.8 Å². The molecule has 4 bridgehead atoms. The van der Waals surface area contributed by atoms with Gasteiger partial charge in [-0.3, -0.25) is 0 Å². The molecule has 348 valence electrons. The Labute approximate surface area is 427 Å². The summed E-state index contributed by atoms with van der Waals surface area (Å²) in [6, 6.07) is 44.4. The van der Waals surface area contributed by atoms with Crippen LogP contribution in [0.15, 0.2) is 109 Å². The zero-order valence-corrected chi connectivity index (χ0v) is 45.4. The molecule has 0 saturated heterocycles. The molecule has 0 nitrogen and oxygen atoms in total. The minimum atomic E-state index is 0. The van der Waals surface area contributed by atoms with Gasteiger partial charge >= 0.3 is 54.7 Å². The van der Waals surface area contributed by atoms with Crippen molar-refractivity contribution in [1.82, 2.24) is 0 Å². The standard InChI is InChI=1S/2C29H33.C4H10Si.2ClH.Zr/c2*1-2-5-23(6-3-1)24-9-11-25(12-10-24)27-8-4-7-26-17-22(18-28(26)27)20-29-15-13-21(19-29)14-16-29;1-3-4-5-2;;;/h2*4,7-12,17-18,21,23H,1-3,5-6,13-16,19-20H2;3-4H2,1-2H3;2*1H;/q2*-1;;;;+2/p-2. The topological polar surface area (TPSA) is 0 Å². The van der Waals surface area contributed by atoms with Crippen LogP contribution in [0.4, 0.5) is 0 Å². The summed E-state index contributed by atoms with van der Waals surface area (Å²) < 4.78 is 0. The molecule has 6 aromatic rings. The van der Waals surface area contributed by atoms with Crippen molar-refractivity contribution in [2.75, 3.05) is 0 Å². The molecule has 0 radical (unpaired) electrons. The van der Waals surface area contributed by atoms with Gasteiger partial charge in [0, 0.05) is 0 Å². The summed E-state index contributed by atoms with van der Waals surface area (Å²) in [6.07, 6.45) is 32.8. The van der Waals surface area contributed by atoms with E-state index in [-0.39, 0.29) is 30.2 Å². The van der Waals surface area contributed by atoms with E-state index in [4.69, 9.17) is 0 Å². The van der Waals surface area contributed by atoms with Crippen molar-refractivity contribution in [2.45, 2.75) is 179 Å². The maximum Gasteiger partial charge on any atom is -0.0162 e. The molecule has 0 spiro atoms. The second-order valence-corrected chi connectivity index (χ2v) is 30.8. The number of hydrogen-bond acceptors (Lipinski definition) is 0. The Balaban J connectivity index is 0.000000156. The Hall–Kier alpha value is -2.22. The van der Waals surface area contributed by atoms with E-state index >= 15 is 0 Å². The van der Waals surface area contributed by atoms with Gasteiger partial charge in [-0.05, 0) is 159 Å². The van der Waals surface area contributed by atoms with Crippen molar-refractivity contribution in [3.05, 3.63) is 131 Å². The van der Waals surface area contributed by atoms with Gasteiger partial charge in [-0.1, -0.05) is 110 Å². The van der Waals surface area contributed by atoms with Gasteiger partial charge in [0.05, 0.1) is 0 Å². The molecule has 0 atom stereocenters. The molecule has 0 aliphatic heterocycles. The summed E-state index contributed by atoms with van der Waals surface area (Å²) in [5.74, 6) is 3.66. The molecule has 0 unspecified atom stereocenters. The Bertz CT molecular complexity index is 2310. The van der Waals surface area contributed by atoms with E-state index in [0.29, 0.717) is 10.8 Å². The van der Waals surface area contributed by atoms with Crippen LogP contribution in [-0.2, 0) is 36.2 Å². The van der Waals surface area contributed by atoms with Gasteiger partial charge in [0.25, 0.3) is 0 Å². The second-order valence-electron chi connectivity index (χ2n) is 22.4. The normalized spacial score (nSPS) is 24.6. The van der Waals surface area contributed by atoms with E-state index in [1.165, 1.54) is 198 Å². The molecule has 12 rings (SSSR count). The van der Waals surface area contributed by atoms with Crippen molar-refractivity contribution in [2.24, 2.45) is 22.7 Å². The van der Waals surface area contributed by atoms with Crippen molar-refractivity contribution in [1.29, 1.82) is 0 Å². The van der Waals surface area contributed by atoms with E-state index in [1.807, 2.05) is 0 Å². The molecule has 0 aromatic heterocycles. The summed E-state index contributed by atoms with van der Waals surface area (Å²) >= 11 is 1.79. The molecule has 0 N–H and O–H groups in total. The Morgan fingerprint density at radius 3 is 1.24 bits per heavy atom. The van der Waals surface area contributed by atoms with Crippen LogP contribution in [0.2, 0.25) is 12.6 Å². The molecule has 4 heteroatoms. The first-order valence-corrected chi connectivity index (χ1v) is 32.3. The zero-order chi connectivity index (χ0) is 43.5. The van der Waals surface area contributed by atoms with Crippen LogP contribution in [-0.4, -0.2) is 5.43 Å². The molecule has 6 saturated carbocycles. The maximum atomic E-state index is 2.51. The fourth-order valence-corrected chi connectivity index (χ4v) is 17.0. The Morgan fingerprint density at radius 2 is 0.924 bits per heavy atom. The van der Waals surface area contributed by atoms with Gasteiger partial charge in [0.2, 0.25) is 0 Å². The number of fused-ring (bicyclic) bond motifs is 6. The van der Waals surface area contributed by atoms with E-state index in [0.717, 1.165) is 23.7 Å². The minimum Gasteiger partial charge on any atom is -1.00 e. The van der Waals surface area contributed by atoms with E-state index in [2.05, 4.69) is 123 Å².